The van der Waals surface area contributed by atoms with Gasteiger partial charge in [0.1, 0.15) is 0 Å². The van der Waals surface area contributed by atoms with Crippen LogP contribution >= 0.6 is 0 Å². The number of amides is 1. The molecule has 0 aromatic carbocycles. The highest BCUT2D eigenvalue weighted by molar-refractivity contribution is 5.86. The minimum atomic E-state index is -0.704. The maximum atomic E-state index is 12.6. The molecule has 2 heterocycles. The second kappa shape index (κ2) is 4.79. The Hall–Kier alpha value is -0.650. The zero-order valence-electron chi connectivity index (χ0n) is 11.7. The molecule has 1 amide bonds. The van der Waals surface area contributed by atoms with Crippen LogP contribution in [0.3, 0.4) is 0 Å². The molecule has 5 heteroatoms. The fraction of sp³-hybridized carbons (Fsp3) is 0.923. The zero-order valence-corrected chi connectivity index (χ0v) is 11.7. The average Bonchev–Trinajstić information content (AvgIpc) is 2.32. The van der Waals surface area contributed by atoms with Crippen LogP contribution < -0.4 is 5.73 Å². The normalized spacial score (nSPS) is 28.1. The summed E-state index contributed by atoms with van der Waals surface area (Å²) in [6, 6.07) is 0. The number of nitrogens with zero attached hydrogens (tertiary/aromatic N) is 2. The lowest BCUT2D eigenvalue weighted by atomic mass is 9.88. The van der Waals surface area contributed by atoms with Crippen molar-refractivity contribution in [2.24, 2.45) is 5.73 Å². The number of carbonyl (C=O) groups is 1. The standard InChI is InChI=1S/C13H25N3O2/c1-12(2)10-16(7-6-15(12)3)11(17)13(14)4-8-18-9-5-13/h4-10,14H2,1-3H3. The van der Waals surface area contributed by atoms with Crippen molar-refractivity contribution in [3.8, 4) is 0 Å². The van der Waals surface area contributed by atoms with Crippen molar-refractivity contribution in [1.82, 2.24) is 9.80 Å². The van der Waals surface area contributed by atoms with E-state index < -0.39 is 5.54 Å². The summed E-state index contributed by atoms with van der Waals surface area (Å²) in [6.45, 7) is 7.96. The van der Waals surface area contributed by atoms with Gasteiger partial charge in [-0.15, -0.1) is 0 Å². The minimum Gasteiger partial charge on any atom is -0.381 e. The first-order valence-corrected chi connectivity index (χ1v) is 6.72. The molecule has 2 saturated heterocycles. The molecule has 0 aromatic heterocycles. The van der Waals surface area contributed by atoms with E-state index in [9.17, 15) is 4.79 Å². The average molecular weight is 255 g/mol. The lowest BCUT2D eigenvalue weighted by Crippen LogP contribution is -2.65. The highest BCUT2D eigenvalue weighted by Gasteiger charge is 2.42. The fourth-order valence-corrected chi connectivity index (χ4v) is 2.68. The van der Waals surface area contributed by atoms with Crippen LogP contribution in [-0.2, 0) is 9.53 Å². The molecular formula is C13H25N3O2. The molecule has 2 N–H and O–H groups in total. The third kappa shape index (κ3) is 2.53. The first-order valence-electron chi connectivity index (χ1n) is 6.72. The van der Waals surface area contributed by atoms with E-state index in [1.807, 2.05) is 4.90 Å². The summed E-state index contributed by atoms with van der Waals surface area (Å²) in [6.07, 6.45) is 1.28. The Bertz CT molecular complexity index is 324. The second-order valence-corrected chi connectivity index (χ2v) is 6.23. The van der Waals surface area contributed by atoms with Crippen LogP contribution in [0.1, 0.15) is 26.7 Å². The van der Waals surface area contributed by atoms with Gasteiger partial charge in [-0.3, -0.25) is 9.69 Å². The maximum absolute atomic E-state index is 12.6. The van der Waals surface area contributed by atoms with E-state index >= 15 is 0 Å². The van der Waals surface area contributed by atoms with Gasteiger partial charge in [0.25, 0.3) is 0 Å². The van der Waals surface area contributed by atoms with Gasteiger partial charge >= 0.3 is 0 Å². The number of ether oxygens (including phenoxy) is 1. The summed E-state index contributed by atoms with van der Waals surface area (Å²) >= 11 is 0. The van der Waals surface area contributed by atoms with E-state index in [2.05, 4.69) is 25.8 Å². The van der Waals surface area contributed by atoms with Gasteiger partial charge in [0.15, 0.2) is 0 Å². The van der Waals surface area contributed by atoms with Gasteiger partial charge in [-0.1, -0.05) is 0 Å². The zero-order chi connectivity index (χ0) is 13.4. The van der Waals surface area contributed by atoms with E-state index in [0.29, 0.717) is 26.1 Å². The van der Waals surface area contributed by atoms with E-state index in [0.717, 1.165) is 19.6 Å². The Morgan fingerprint density at radius 1 is 1.22 bits per heavy atom. The van der Waals surface area contributed by atoms with E-state index in [4.69, 9.17) is 10.5 Å². The molecule has 0 bridgehead atoms. The van der Waals surface area contributed by atoms with Crippen LogP contribution in [0.2, 0.25) is 0 Å². The number of rotatable bonds is 1. The Morgan fingerprint density at radius 3 is 2.39 bits per heavy atom. The highest BCUT2D eigenvalue weighted by atomic mass is 16.5. The van der Waals surface area contributed by atoms with Crippen molar-refractivity contribution >= 4 is 5.91 Å². The third-order valence-corrected chi connectivity index (χ3v) is 4.41. The Kier molecular flexibility index (Phi) is 3.67. The van der Waals surface area contributed by atoms with Crippen LogP contribution in [0.15, 0.2) is 0 Å². The summed E-state index contributed by atoms with van der Waals surface area (Å²) in [7, 11) is 2.11. The largest absolute Gasteiger partial charge is 0.381 e. The SMILES string of the molecule is CN1CCN(C(=O)C2(N)CCOCC2)CC1(C)C. The summed E-state index contributed by atoms with van der Waals surface area (Å²) in [5, 5.41) is 0. The van der Waals surface area contributed by atoms with Crippen molar-refractivity contribution in [1.29, 1.82) is 0 Å². The van der Waals surface area contributed by atoms with Crippen LogP contribution in [0.4, 0.5) is 0 Å². The molecule has 0 radical (unpaired) electrons. The lowest BCUT2D eigenvalue weighted by molar-refractivity contribution is -0.145. The summed E-state index contributed by atoms with van der Waals surface area (Å²) in [5.74, 6) is 0.104. The summed E-state index contributed by atoms with van der Waals surface area (Å²) < 4.78 is 5.30. The molecule has 0 unspecified atom stereocenters. The molecule has 5 nitrogen and oxygen atoms in total. The highest BCUT2D eigenvalue weighted by Crippen LogP contribution is 2.25. The van der Waals surface area contributed by atoms with Crippen LogP contribution in [-0.4, -0.2) is 66.7 Å². The molecule has 0 saturated carbocycles. The van der Waals surface area contributed by atoms with Crippen LogP contribution in [0.5, 0.6) is 0 Å². The lowest BCUT2D eigenvalue weighted by Gasteiger charge is -2.47. The molecule has 2 aliphatic heterocycles. The quantitative estimate of drug-likeness (QED) is 0.719. The van der Waals surface area contributed by atoms with Gasteiger partial charge in [0.05, 0.1) is 5.54 Å². The van der Waals surface area contributed by atoms with Crippen LogP contribution in [0.25, 0.3) is 0 Å². The van der Waals surface area contributed by atoms with Gasteiger partial charge in [-0.2, -0.15) is 0 Å². The smallest absolute Gasteiger partial charge is 0.242 e. The topological polar surface area (TPSA) is 58.8 Å². The molecule has 2 aliphatic rings. The molecule has 0 aromatic rings. The molecule has 18 heavy (non-hydrogen) atoms. The molecule has 0 spiro atoms. The first kappa shape index (κ1) is 13.8. The number of piperazine rings is 1. The number of hydrogen-bond acceptors (Lipinski definition) is 4. The Morgan fingerprint density at radius 2 is 1.83 bits per heavy atom. The maximum Gasteiger partial charge on any atom is 0.242 e. The van der Waals surface area contributed by atoms with Crippen LogP contribution in [0, 0.1) is 0 Å². The monoisotopic (exact) mass is 255 g/mol. The van der Waals surface area contributed by atoms with Crippen molar-refractivity contribution in [3.05, 3.63) is 0 Å². The van der Waals surface area contributed by atoms with Gasteiger partial charge < -0.3 is 15.4 Å². The van der Waals surface area contributed by atoms with Gasteiger partial charge in [-0.05, 0) is 33.7 Å². The number of carbonyl (C=O) groups excluding carboxylic acids is 1. The molecular weight excluding hydrogens is 230 g/mol. The third-order valence-electron chi connectivity index (χ3n) is 4.41. The minimum absolute atomic E-state index is 0.0233. The Balaban J connectivity index is 2.05. The van der Waals surface area contributed by atoms with Crippen molar-refractivity contribution in [2.75, 3.05) is 39.9 Å². The second-order valence-electron chi connectivity index (χ2n) is 6.23. The first-order chi connectivity index (χ1) is 8.35. The molecule has 2 fully saturated rings. The van der Waals surface area contributed by atoms with Gasteiger partial charge in [-0.25, -0.2) is 0 Å². The molecule has 0 aliphatic carbocycles. The van der Waals surface area contributed by atoms with Crippen molar-refractivity contribution in [3.63, 3.8) is 0 Å². The number of likely N-dealkylation sites (N-methyl/N-ethyl adjacent to an activating group) is 1. The van der Waals surface area contributed by atoms with E-state index in [1.54, 1.807) is 0 Å². The van der Waals surface area contributed by atoms with Gasteiger partial charge in [0, 0.05) is 38.4 Å². The Labute approximate surface area is 109 Å². The van der Waals surface area contributed by atoms with Crippen molar-refractivity contribution in [2.45, 2.75) is 37.8 Å². The van der Waals surface area contributed by atoms with E-state index in [-0.39, 0.29) is 11.4 Å². The molecule has 104 valence electrons. The van der Waals surface area contributed by atoms with Gasteiger partial charge in [0.2, 0.25) is 5.91 Å². The van der Waals surface area contributed by atoms with E-state index in [1.165, 1.54) is 0 Å². The number of hydrogen-bond donors (Lipinski definition) is 1. The predicted octanol–water partition coefficient (Wildman–Crippen LogP) is 0.0469. The number of nitrogens with two attached hydrogens (primary N) is 1. The molecule has 0 atom stereocenters. The predicted molar refractivity (Wildman–Crippen MR) is 70.3 cm³/mol. The van der Waals surface area contributed by atoms with Crippen molar-refractivity contribution < 1.29 is 9.53 Å². The molecule has 2 rings (SSSR count). The summed E-state index contributed by atoms with van der Waals surface area (Å²) in [5.41, 5.74) is 5.59. The summed E-state index contributed by atoms with van der Waals surface area (Å²) in [4.78, 5) is 16.8. The fourth-order valence-electron chi connectivity index (χ4n) is 2.68.